The monoisotopic (exact) mass is 477 g/mol. The zero-order chi connectivity index (χ0) is 20.0. The summed E-state index contributed by atoms with van der Waals surface area (Å²) in [4.78, 5) is 15.5. The fourth-order valence-electron chi connectivity index (χ4n) is 3.77. The minimum absolute atomic E-state index is 0.00855. The molecule has 142 valence electrons. The van der Waals surface area contributed by atoms with Crippen LogP contribution in [-0.4, -0.2) is 5.78 Å². The minimum Gasteiger partial charge on any atom is -0.384 e. The van der Waals surface area contributed by atoms with Crippen molar-refractivity contribution in [2.24, 2.45) is 5.73 Å². The van der Waals surface area contributed by atoms with Gasteiger partial charge in [-0.15, -0.1) is 11.3 Å². The van der Waals surface area contributed by atoms with Gasteiger partial charge < -0.3 is 5.73 Å². The van der Waals surface area contributed by atoms with Crippen LogP contribution in [0.4, 0.5) is 10.1 Å². The van der Waals surface area contributed by atoms with Crippen molar-refractivity contribution in [2.45, 2.75) is 25.2 Å². The van der Waals surface area contributed by atoms with Crippen molar-refractivity contribution >= 4 is 50.3 Å². The van der Waals surface area contributed by atoms with Crippen LogP contribution in [0.2, 0.25) is 5.02 Å². The van der Waals surface area contributed by atoms with Crippen LogP contribution in [-0.2, 0) is 4.79 Å². The SMILES string of the molecule is N#CC1=C(N)N(c2ccc(F)c(Cl)c2)C2=C(C(=O)CCC2)C1c1ccc(Br)s1. The van der Waals surface area contributed by atoms with Crippen molar-refractivity contribution in [3.8, 4) is 6.07 Å². The average molecular weight is 479 g/mol. The number of carbonyl (C=O) groups is 1. The van der Waals surface area contributed by atoms with Crippen LogP contribution in [0.15, 0.2) is 56.8 Å². The summed E-state index contributed by atoms with van der Waals surface area (Å²) in [6.07, 6.45) is 1.76. The third-order valence-electron chi connectivity index (χ3n) is 4.95. The number of hydrogen-bond acceptors (Lipinski definition) is 5. The molecule has 2 N–H and O–H groups in total. The number of nitriles is 1. The normalized spacial score (nSPS) is 19.7. The Kier molecular flexibility index (Phi) is 5.04. The van der Waals surface area contributed by atoms with Crippen LogP contribution in [0.5, 0.6) is 0 Å². The number of carbonyl (C=O) groups excluding carboxylic acids is 1. The predicted molar refractivity (Wildman–Crippen MR) is 111 cm³/mol. The van der Waals surface area contributed by atoms with E-state index < -0.39 is 11.7 Å². The molecule has 1 aromatic heterocycles. The van der Waals surface area contributed by atoms with E-state index in [2.05, 4.69) is 22.0 Å². The number of hydrogen-bond donors (Lipinski definition) is 1. The van der Waals surface area contributed by atoms with Crippen LogP contribution < -0.4 is 10.6 Å². The Bertz CT molecular complexity index is 1100. The van der Waals surface area contributed by atoms with Gasteiger partial charge in [0.25, 0.3) is 0 Å². The molecule has 8 heteroatoms. The summed E-state index contributed by atoms with van der Waals surface area (Å²) in [7, 11) is 0. The fourth-order valence-corrected chi connectivity index (χ4v) is 5.49. The zero-order valence-electron chi connectivity index (χ0n) is 14.5. The van der Waals surface area contributed by atoms with Crippen LogP contribution in [0.25, 0.3) is 0 Å². The number of thiophene rings is 1. The lowest BCUT2D eigenvalue weighted by Gasteiger charge is -2.39. The van der Waals surface area contributed by atoms with Gasteiger partial charge in [-0.05, 0) is 59.1 Å². The molecule has 4 nitrogen and oxygen atoms in total. The maximum Gasteiger partial charge on any atom is 0.161 e. The third-order valence-corrected chi connectivity index (χ3v) is 6.93. The highest BCUT2D eigenvalue weighted by atomic mass is 79.9. The second-order valence-corrected chi connectivity index (χ2v) is 9.46. The second-order valence-electron chi connectivity index (χ2n) is 6.56. The molecule has 1 aromatic carbocycles. The van der Waals surface area contributed by atoms with Gasteiger partial charge in [0.05, 0.1) is 26.4 Å². The third kappa shape index (κ3) is 3.06. The smallest absolute Gasteiger partial charge is 0.161 e. The van der Waals surface area contributed by atoms with E-state index in [-0.39, 0.29) is 16.6 Å². The molecule has 2 aromatic rings. The summed E-state index contributed by atoms with van der Waals surface area (Å²) in [6.45, 7) is 0. The molecular formula is C20H14BrClFN3OS. The zero-order valence-corrected chi connectivity index (χ0v) is 17.7. The summed E-state index contributed by atoms with van der Waals surface area (Å²) >= 11 is 10.9. The Labute approximate surface area is 178 Å². The molecule has 2 heterocycles. The van der Waals surface area contributed by atoms with Gasteiger partial charge in [0.15, 0.2) is 5.78 Å². The molecule has 0 radical (unpaired) electrons. The topological polar surface area (TPSA) is 70.1 Å². The van der Waals surface area contributed by atoms with Gasteiger partial charge in [0.2, 0.25) is 0 Å². The standard InChI is InChI=1S/C20H14BrClFN3OS/c21-17-7-6-16(28-17)18-11(9-24)20(25)26(10-4-5-13(23)12(22)8-10)14-2-1-3-15(27)19(14)18/h4-8,18H,1-3,25H2. The van der Waals surface area contributed by atoms with Gasteiger partial charge in [-0.3, -0.25) is 9.69 Å². The van der Waals surface area contributed by atoms with Gasteiger partial charge in [0, 0.05) is 28.3 Å². The Morgan fingerprint density at radius 2 is 2.11 bits per heavy atom. The largest absolute Gasteiger partial charge is 0.384 e. The molecule has 0 amide bonds. The van der Waals surface area contributed by atoms with Gasteiger partial charge in [-0.25, -0.2) is 4.39 Å². The first-order valence-corrected chi connectivity index (χ1v) is 10.6. The molecule has 0 bridgehead atoms. The van der Waals surface area contributed by atoms with Gasteiger partial charge >= 0.3 is 0 Å². The van der Waals surface area contributed by atoms with Gasteiger partial charge in [-0.1, -0.05) is 11.6 Å². The van der Waals surface area contributed by atoms with Crippen molar-refractivity contribution in [2.75, 3.05) is 4.90 Å². The molecule has 4 rings (SSSR count). The molecule has 1 aliphatic heterocycles. The maximum atomic E-state index is 13.7. The van der Waals surface area contributed by atoms with E-state index >= 15 is 0 Å². The fraction of sp³-hybridized carbons (Fsp3) is 0.200. The highest BCUT2D eigenvalue weighted by Crippen LogP contribution is 2.48. The van der Waals surface area contributed by atoms with E-state index in [1.54, 1.807) is 11.0 Å². The van der Waals surface area contributed by atoms with Crippen molar-refractivity contribution in [3.63, 3.8) is 0 Å². The first kappa shape index (κ1) is 19.2. The van der Waals surface area contributed by atoms with Gasteiger partial charge in [-0.2, -0.15) is 5.26 Å². The van der Waals surface area contributed by atoms with Crippen molar-refractivity contribution < 1.29 is 9.18 Å². The summed E-state index contributed by atoms with van der Waals surface area (Å²) < 4.78 is 14.6. The minimum atomic E-state index is -0.541. The summed E-state index contributed by atoms with van der Waals surface area (Å²) in [6, 6.07) is 10.3. The first-order valence-electron chi connectivity index (χ1n) is 8.58. The van der Waals surface area contributed by atoms with Crippen LogP contribution >= 0.6 is 38.9 Å². The molecule has 1 unspecified atom stereocenters. The predicted octanol–water partition coefficient (Wildman–Crippen LogP) is 5.61. The highest BCUT2D eigenvalue weighted by Gasteiger charge is 2.40. The molecule has 28 heavy (non-hydrogen) atoms. The number of allylic oxidation sites excluding steroid dienone is 3. The first-order chi connectivity index (χ1) is 13.4. The lowest BCUT2D eigenvalue weighted by atomic mass is 9.78. The van der Waals surface area contributed by atoms with Crippen LogP contribution in [0.1, 0.15) is 30.1 Å². The summed E-state index contributed by atoms with van der Waals surface area (Å²) in [5.74, 6) is -0.778. The molecule has 0 saturated carbocycles. The summed E-state index contributed by atoms with van der Waals surface area (Å²) in [5, 5.41) is 9.85. The molecule has 0 fully saturated rings. The number of Topliss-reactive ketones (excluding diaryl/α,β-unsaturated/α-hetero) is 1. The van der Waals surface area contributed by atoms with E-state index in [0.29, 0.717) is 36.1 Å². The van der Waals surface area contributed by atoms with Crippen molar-refractivity contribution in [3.05, 3.63) is 72.5 Å². The number of benzene rings is 1. The number of nitrogens with zero attached hydrogens (tertiary/aromatic N) is 2. The summed E-state index contributed by atoms with van der Waals surface area (Å²) in [5.41, 5.74) is 8.62. The van der Waals surface area contributed by atoms with Gasteiger partial charge in [0.1, 0.15) is 11.6 Å². The average Bonchev–Trinajstić information content (AvgIpc) is 3.09. The number of rotatable bonds is 2. The molecule has 1 aliphatic carbocycles. The lowest BCUT2D eigenvalue weighted by Crippen LogP contribution is -2.38. The van der Waals surface area contributed by atoms with E-state index in [1.165, 1.54) is 23.5 Å². The van der Waals surface area contributed by atoms with E-state index in [4.69, 9.17) is 17.3 Å². The number of ketones is 1. The Morgan fingerprint density at radius 1 is 1.32 bits per heavy atom. The quantitative estimate of drug-likeness (QED) is 0.609. The Morgan fingerprint density at radius 3 is 2.75 bits per heavy atom. The molecule has 1 atom stereocenters. The molecule has 2 aliphatic rings. The van der Waals surface area contributed by atoms with E-state index in [9.17, 15) is 14.4 Å². The molecule has 0 spiro atoms. The maximum absolute atomic E-state index is 13.7. The Balaban J connectivity index is 1.97. The van der Waals surface area contributed by atoms with Crippen LogP contribution in [0.3, 0.4) is 0 Å². The number of halogens is 3. The number of anilines is 1. The van der Waals surface area contributed by atoms with E-state index in [0.717, 1.165) is 14.4 Å². The molecule has 0 saturated heterocycles. The van der Waals surface area contributed by atoms with E-state index in [1.807, 2.05) is 12.1 Å². The van der Waals surface area contributed by atoms with Crippen molar-refractivity contribution in [1.29, 1.82) is 5.26 Å². The molecular weight excluding hydrogens is 465 g/mol. The second kappa shape index (κ2) is 7.36. The highest BCUT2D eigenvalue weighted by molar-refractivity contribution is 9.11. The van der Waals surface area contributed by atoms with Crippen LogP contribution in [0, 0.1) is 17.1 Å². The Hall–Kier alpha value is -2.14. The van der Waals surface area contributed by atoms with Crippen molar-refractivity contribution in [1.82, 2.24) is 0 Å². The lowest BCUT2D eigenvalue weighted by molar-refractivity contribution is -0.116. The number of nitrogens with two attached hydrogens (primary N) is 1.